The molecular weight excluding hydrogens is 366 g/mol. The summed E-state index contributed by atoms with van der Waals surface area (Å²) in [4.78, 5) is 13.1. The minimum atomic E-state index is -3.95. The molecule has 2 aromatic carbocycles. The molecule has 146 valence electrons. The third kappa shape index (κ3) is 7.01. The first-order valence-corrected chi connectivity index (χ1v) is 9.93. The van der Waals surface area contributed by atoms with Gasteiger partial charge in [0.1, 0.15) is 10.6 Å². The summed E-state index contributed by atoms with van der Waals surface area (Å²) >= 11 is 0. The van der Waals surface area contributed by atoms with Crippen molar-refractivity contribution in [1.82, 2.24) is 10.2 Å². The lowest BCUT2D eigenvalue weighted by molar-refractivity contribution is -0.114. The molecule has 0 atom stereocenters. The summed E-state index contributed by atoms with van der Waals surface area (Å²) in [6, 6.07) is 12.8. The van der Waals surface area contributed by atoms with Crippen molar-refractivity contribution in [3.05, 3.63) is 54.1 Å². The van der Waals surface area contributed by atoms with Crippen LogP contribution in [0.2, 0.25) is 0 Å². The van der Waals surface area contributed by atoms with Crippen LogP contribution >= 0.6 is 0 Å². The Hall–Kier alpha value is -2.42. The van der Waals surface area contributed by atoms with Gasteiger partial charge in [-0.15, -0.1) is 0 Å². The minimum Gasteiger partial charge on any atom is -0.379 e. The molecule has 2 aromatic rings. The van der Waals surface area contributed by atoms with E-state index in [9.17, 15) is 13.2 Å². The fourth-order valence-corrected chi connectivity index (χ4v) is 3.25. The maximum absolute atomic E-state index is 12.5. The Labute approximate surface area is 160 Å². The van der Waals surface area contributed by atoms with Gasteiger partial charge in [-0.2, -0.15) is 8.42 Å². The first kappa shape index (κ1) is 20.9. The van der Waals surface area contributed by atoms with Gasteiger partial charge in [0.15, 0.2) is 0 Å². The van der Waals surface area contributed by atoms with Crippen molar-refractivity contribution in [3.8, 4) is 5.75 Å². The average Bonchev–Trinajstić information content (AvgIpc) is 2.58. The van der Waals surface area contributed by atoms with Crippen molar-refractivity contribution in [2.24, 2.45) is 0 Å². The van der Waals surface area contributed by atoms with E-state index in [1.807, 2.05) is 20.2 Å². The van der Waals surface area contributed by atoms with Gasteiger partial charge in [0.25, 0.3) is 0 Å². The third-order valence-electron chi connectivity index (χ3n) is 3.63. The summed E-state index contributed by atoms with van der Waals surface area (Å²) in [5.74, 6) is 0.0331. The van der Waals surface area contributed by atoms with Gasteiger partial charge >= 0.3 is 10.1 Å². The predicted octanol–water partition coefficient (Wildman–Crippen LogP) is 2.06. The first-order valence-electron chi connectivity index (χ1n) is 8.53. The maximum atomic E-state index is 12.5. The van der Waals surface area contributed by atoms with E-state index in [2.05, 4.69) is 15.5 Å². The monoisotopic (exact) mass is 391 g/mol. The molecule has 0 bridgehead atoms. The highest BCUT2D eigenvalue weighted by Gasteiger charge is 2.17. The SMILES string of the molecule is CC(=O)Nc1ccc(S(=O)(=O)Oc2cccc(CNCCN(C)C)c2)cc1. The molecule has 0 saturated heterocycles. The predicted molar refractivity (Wildman–Crippen MR) is 105 cm³/mol. The lowest BCUT2D eigenvalue weighted by atomic mass is 10.2. The maximum Gasteiger partial charge on any atom is 0.339 e. The number of nitrogens with one attached hydrogen (secondary N) is 2. The zero-order valence-electron chi connectivity index (χ0n) is 15.7. The van der Waals surface area contributed by atoms with E-state index < -0.39 is 10.1 Å². The van der Waals surface area contributed by atoms with E-state index in [0.717, 1.165) is 18.7 Å². The average molecular weight is 391 g/mol. The van der Waals surface area contributed by atoms with Gasteiger partial charge < -0.3 is 19.7 Å². The molecule has 0 fully saturated rings. The molecule has 0 heterocycles. The first-order chi connectivity index (χ1) is 12.8. The van der Waals surface area contributed by atoms with Crippen LogP contribution in [0.25, 0.3) is 0 Å². The Morgan fingerprint density at radius 3 is 2.44 bits per heavy atom. The minimum absolute atomic E-state index is 0.0195. The van der Waals surface area contributed by atoms with E-state index in [1.54, 1.807) is 18.2 Å². The highest BCUT2D eigenvalue weighted by atomic mass is 32.2. The summed E-state index contributed by atoms with van der Waals surface area (Å²) < 4.78 is 30.1. The van der Waals surface area contributed by atoms with Crippen molar-refractivity contribution in [1.29, 1.82) is 0 Å². The van der Waals surface area contributed by atoms with Gasteiger partial charge in [0.2, 0.25) is 5.91 Å². The summed E-state index contributed by atoms with van der Waals surface area (Å²) in [5, 5.41) is 5.88. The van der Waals surface area contributed by atoms with E-state index in [0.29, 0.717) is 12.2 Å². The summed E-state index contributed by atoms with van der Waals surface area (Å²) in [5.41, 5.74) is 1.45. The molecule has 1 amide bonds. The van der Waals surface area contributed by atoms with Crippen LogP contribution < -0.4 is 14.8 Å². The zero-order chi connectivity index (χ0) is 19.9. The molecule has 0 saturated carbocycles. The molecule has 8 heteroatoms. The summed E-state index contributed by atoms with van der Waals surface area (Å²) in [6.07, 6.45) is 0. The van der Waals surface area contributed by atoms with Crippen LogP contribution in [-0.2, 0) is 21.5 Å². The van der Waals surface area contributed by atoms with Gasteiger partial charge in [0.05, 0.1) is 0 Å². The molecule has 7 nitrogen and oxygen atoms in total. The quantitative estimate of drug-likeness (QED) is 0.503. The highest BCUT2D eigenvalue weighted by Crippen LogP contribution is 2.21. The molecule has 0 aliphatic carbocycles. The van der Waals surface area contributed by atoms with Crippen LogP contribution in [-0.4, -0.2) is 46.4 Å². The van der Waals surface area contributed by atoms with Crippen molar-refractivity contribution in [2.75, 3.05) is 32.5 Å². The number of rotatable bonds is 9. The number of carbonyl (C=O) groups is 1. The Morgan fingerprint density at radius 1 is 1.11 bits per heavy atom. The molecule has 27 heavy (non-hydrogen) atoms. The lowest BCUT2D eigenvalue weighted by Gasteiger charge is -2.11. The summed E-state index contributed by atoms with van der Waals surface area (Å²) in [7, 11) is 0.0559. The fraction of sp³-hybridized carbons (Fsp3) is 0.316. The van der Waals surface area contributed by atoms with Gasteiger partial charge in [-0.1, -0.05) is 12.1 Å². The van der Waals surface area contributed by atoms with Crippen LogP contribution in [0.15, 0.2) is 53.4 Å². The standard InChI is InChI=1S/C19H25N3O4S/c1-15(23)21-17-7-9-19(10-8-17)27(24,25)26-18-6-4-5-16(13-18)14-20-11-12-22(2)3/h4-10,13,20H,11-12,14H2,1-3H3,(H,21,23). The smallest absolute Gasteiger partial charge is 0.339 e. The summed E-state index contributed by atoms with van der Waals surface area (Å²) in [6.45, 7) is 3.75. The number of hydrogen-bond acceptors (Lipinski definition) is 6. The van der Waals surface area contributed by atoms with E-state index >= 15 is 0 Å². The molecule has 0 aromatic heterocycles. The normalized spacial score (nSPS) is 11.4. The molecular formula is C19H25N3O4S. The topological polar surface area (TPSA) is 87.7 Å². The molecule has 0 spiro atoms. The highest BCUT2D eigenvalue weighted by molar-refractivity contribution is 7.87. The van der Waals surface area contributed by atoms with Crippen molar-refractivity contribution in [3.63, 3.8) is 0 Å². The van der Waals surface area contributed by atoms with Gasteiger partial charge in [0, 0.05) is 32.2 Å². The van der Waals surface area contributed by atoms with Crippen LogP contribution in [0.4, 0.5) is 5.69 Å². The van der Waals surface area contributed by atoms with Crippen LogP contribution in [0.1, 0.15) is 12.5 Å². The Morgan fingerprint density at radius 2 is 1.81 bits per heavy atom. The molecule has 0 radical (unpaired) electrons. The Kier molecular flexibility index (Phi) is 7.35. The van der Waals surface area contributed by atoms with Crippen LogP contribution in [0, 0.1) is 0 Å². The Balaban J connectivity index is 2.02. The second-order valence-electron chi connectivity index (χ2n) is 6.37. The van der Waals surface area contributed by atoms with Crippen molar-refractivity contribution in [2.45, 2.75) is 18.4 Å². The molecule has 0 aliphatic rings. The zero-order valence-corrected chi connectivity index (χ0v) is 16.5. The lowest BCUT2D eigenvalue weighted by Crippen LogP contribution is -2.26. The van der Waals surface area contributed by atoms with E-state index in [1.165, 1.54) is 31.2 Å². The molecule has 2 N–H and O–H groups in total. The molecule has 0 aliphatic heterocycles. The third-order valence-corrected chi connectivity index (χ3v) is 4.89. The van der Waals surface area contributed by atoms with Crippen molar-refractivity contribution < 1.29 is 17.4 Å². The molecule has 2 rings (SSSR count). The number of nitrogens with zero attached hydrogens (tertiary/aromatic N) is 1. The van der Waals surface area contributed by atoms with Crippen molar-refractivity contribution >= 4 is 21.7 Å². The second-order valence-corrected chi connectivity index (χ2v) is 7.92. The van der Waals surface area contributed by atoms with Gasteiger partial charge in [-0.05, 0) is 56.1 Å². The number of benzene rings is 2. The van der Waals surface area contributed by atoms with Crippen LogP contribution in [0.3, 0.4) is 0 Å². The number of anilines is 1. The fourth-order valence-electron chi connectivity index (χ4n) is 2.33. The van der Waals surface area contributed by atoms with E-state index in [4.69, 9.17) is 4.18 Å². The number of likely N-dealkylation sites (N-methyl/N-ethyl adjacent to an activating group) is 1. The number of carbonyl (C=O) groups excluding carboxylic acids is 1. The van der Waals surface area contributed by atoms with Gasteiger partial charge in [-0.25, -0.2) is 0 Å². The van der Waals surface area contributed by atoms with Crippen LogP contribution in [0.5, 0.6) is 5.75 Å². The van der Waals surface area contributed by atoms with E-state index in [-0.39, 0.29) is 16.6 Å². The Bertz CT molecular complexity index is 865. The van der Waals surface area contributed by atoms with Gasteiger partial charge in [-0.3, -0.25) is 4.79 Å². The number of amides is 1. The largest absolute Gasteiger partial charge is 0.379 e. The number of hydrogen-bond donors (Lipinski definition) is 2. The second kappa shape index (κ2) is 9.50. The molecule has 0 unspecified atom stereocenters.